The number of hydrogen-bond donors (Lipinski definition) is 1. The van der Waals surface area contributed by atoms with Gasteiger partial charge in [-0.3, -0.25) is 19.0 Å². The van der Waals surface area contributed by atoms with Crippen molar-refractivity contribution in [3.63, 3.8) is 0 Å². The number of piperidine rings is 1. The van der Waals surface area contributed by atoms with Crippen LogP contribution in [0.25, 0.3) is 0 Å². The van der Waals surface area contributed by atoms with Gasteiger partial charge in [0.05, 0.1) is 30.4 Å². The van der Waals surface area contributed by atoms with Gasteiger partial charge in [-0.2, -0.15) is 10.2 Å². The van der Waals surface area contributed by atoms with Gasteiger partial charge in [-0.05, 0) is 25.0 Å². The molecule has 3 rings (SSSR count). The first kappa shape index (κ1) is 17.2. The van der Waals surface area contributed by atoms with Gasteiger partial charge in [-0.1, -0.05) is 0 Å². The molecule has 2 atom stereocenters. The van der Waals surface area contributed by atoms with Crippen LogP contribution in [0.1, 0.15) is 30.1 Å². The zero-order valence-electron chi connectivity index (χ0n) is 14.8. The van der Waals surface area contributed by atoms with E-state index in [1.165, 1.54) is 0 Å². The van der Waals surface area contributed by atoms with Crippen LogP contribution in [0.4, 0.5) is 0 Å². The smallest absolute Gasteiger partial charge is 0.225 e. The first-order valence-corrected chi connectivity index (χ1v) is 8.47. The van der Waals surface area contributed by atoms with E-state index in [9.17, 15) is 9.59 Å². The topological polar surface area (TPSA) is 85.1 Å². The van der Waals surface area contributed by atoms with Crippen LogP contribution in [-0.4, -0.2) is 49.9 Å². The Morgan fingerprint density at radius 3 is 2.80 bits per heavy atom. The molecule has 0 bridgehead atoms. The quantitative estimate of drug-likeness (QED) is 0.863. The second-order valence-electron chi connectivity index (χ2n) is 6.55. The largest absolute Gasteiger partial charge is 0.354 e. The summed E-state index contributed by atoms with van der Waals surface area (Å²) in [4.78, 5) is 26.6. The van der Waals surface area contributed by atoms with Crippen molar-refractivity contribution in [2.45, 2.75) is 32.4 Å². The van der Waals surface area contributed by atoms with E-state index in [-0.39, 0.29) is 23.8 Å². The van der Waals surface area contributed by atoms with Crippen molar-refractivity contribution < 1.29 is 9.59 Å². The highest BCUT2D eigenvalue weighted by Crippen LogP contribution is 2.35. The van der Waals surface area contributed by atoms with Gasteiger partial charge < -0.3 is 10.2 Å². The van der Waals surface area contributed by atoms with Crippen LogP contribution < -0.4 is 5.32 Å². The van der Waals surface area contributed by atoms with Gasteiger partial charge in [-0.15, -0.1) is 0 Å². The van der Waals surface area contributed by atoms with Crippen molar-refractivity contribution in [1.82, 2.24) is 29.8 Å². The SMILES string of the molecule is Cc1cnn(CCNC(=O)[C@H]2CCC(=O)N(C)[C@@H]2c2ccnn2C)c1. The number of hydrogen-bond acceptors (Lipinski definition) is 4. The molecule has 1 saturated heterocycles. The number of aromatic nitrogens is 4. The Hall–Kier alpha value is -2.64. The molecule has 1 N–H and O–H groups in total. The minimum atomic E-state index is -0.291. The van der Waals surface area contributed by atoms with Crippen LogP contribution in [-0.2, 0) is 23.2 Å². The maximum atomic E-state index is 12.8. The number of rotatable bonds is 5. The van der Waals surface area contributed by atoms with Crippen LogP contribution in [0.5, 0.6) is 0 Å². The van der Waals surface area contributed by atoms with Crippen molar-refractivity contribution in [2.75, 3.05) is 13.6 Å². The predicted molar refractivity (Wildman–Crippen MR) is 91.4 cm³/mol. The molecule has 1 aliphatic rings. The zero-order valence-corrected chi connectivity index (χ0v) is 14.8. The predicted octanol–water partition coefficient (Wildman–Crippen LogP) is 0.651. The number of likely N-dealkylation sites (tertiary alicyclic amines) is 1. The molecule has 0 unspecified atom stereocenters. The minimum Gasteiger partial charge on any atom is -0.354 e. The lowest BCUT2D eigenvalue weighted by atomic mass is 9.86. The first-order chi connectivity index (χ1) is 12.0. The third-order valence-electron chi connectivity index (χ3n) is 4.76. The summed E-state index contributed by atoms with van der Waals surface area (Å²) in [5.74, 6) is -0.255. The van der Waals surface area contributed by atoms with Gasteiger partial charge in [0.2, 0.25) is 11.8 Å². The van der Waals surface area contributed by atoms with Crippen molar-refractivity contribution >= 4 is 11.8 Å². The molecule has 25 heavy (non-hydrogen) atoms. The van der Waals surface area contributed by atoms with Crippen molar-refractivity contribution in [3.05, 3.63) is 35.9 Å². The van der Waals surface area contributed by atoms with Crippen molar-refractivity contribution in [2.24, 2.45) is 13.0 Å². The van der Waals surface area contributed by atoms with E-state index in [0.717, 1.165) is 11.3 Å². The molecule has 1 aliphatic heterocycles. The van der Waals surface area contributed by atoms with Crippen LogP contribution >= 0.6 is 0 Å². The summed E-state index contributed by atoms with van der Waals surface area (Å²) >= 11 is 0. The number of carbonyl (C=O) groups is 2. The standard InChI is InChI=1S/C17H24N6O2/c1-12-10-20-23(11-12)9-8-18-17(25)13-4-5-15(24)21(2)16(13)14-6-7-19-22(14)3/h6-7,10-11,13,16H,4-5,8-9H2,1-3H3,(H,18,25)/t13-,16-/m0/s1. The van der Waals surface area contributed by atoms with Crippen molar-refractivity contribution in [3.8, 4) is 0 Å². The molecule has 134 valence electrons. The minimum absolute atomic E-state index is 0.0329. The van der Waals surface area contributed by atoms with E-state index in [4.69, 9.17) is 0 Å². The number of nitrogens with one attached hydrogen (secondary N) is 1. The van der Waals surface area contributed by atoms with Crippen LogP contribution in [0, 0.1) is 12.8 Å². The Labute approximate surface area is 146 Å². The lowest BCUT2D eigenvalue weighted by Crippen LogP contribution is -2.47. The summed E-state index contributed by atoms with van der Waals surface area (Å²) in [6, 6.07) is 1.58. The lowest BCUT2D eigenvalue weighted by molar-refractivity contribution is -0.141. The summed E-state index contributed by atoms with van der Waals surface area (Å²) in [7, 11) is 3.59. The highest BCUT2D eigenvalue weighted by atomic mass is 16.2. The Morgan fingerprint density at radius 2 is 2.16 bits per heavy atom. The molecule has 8 nitrogen and oxygen atoms in total. The van der Waals surface area contributed by atoms with E-state index in [1.54, 1.807) is 29.0 Å². The van der Waals surface area contributed by atoms with E-state index in [1.807, 2.05) is 30.9 Å². The molecule has 0 saturated carbocycles. The van der Waals surface area contributed by atoms with E-state index >= 15 is 0 Å². The third kappa shape index (κ3) is 3.57. The second kappa shape index (κ2) is 7.08. The molecule has 8 heteroatoms. The van der Waals surface area contributed by atoms with E-state index in [0.29, 0.717) is 25.9 Å². The fraction of sp³-hybridized carbons (Fsp3) is 0.529. The maximum absolute atomic E-state index is 12.8. The fourth-order valence-corrected chi connectivity index (χ4v) is 3.41. The molecule has 0 aromatic carbocycles. The zero-order chi connectivity index (χ0) is 18.0. The van der Waals surface area contributed by atoms with Gasteiger partial charge >= 0.3 is 0 Å². The molecule has 0 radical (unpaired) electrons. The van der Waals surface area contributed by atoms with E-state index in [2.05, 4.69) is 15.5 Å². The highest BCUT2D eigenvalue weighted by molar-refractivity contribution is 5.84. The molecule has 0 aliphatic carbocycles. The molecule has 2 aromatic rings. The molecule has 3 heterocycles. The fourth-order valence-electron chi connectivity index (χ4n) is 3.41. The van der Waals surface area contributed by atoms with Crippen LogP contribution in [0.3, 0.4) is 0 Å². The molecular weight excluding hydrogens is 320 g/mol. The lowest BCUT2D eigenvalue weighted by Gasteiger charge is -2.38. The summed E-state index contributed by atoms with van der Waals surface area (Å²) in [6.45, 7) is 3.11. The molecule has 0 spiro atoms. The number of carbonyl (C=O) groups excluding carboxylic acids is 2. The third-order valence-corrected chi connectivity index (χ3v) is 4.76. The average Bonchev–Trinajstić information content (AvgIpc) is 3.18. The molecule has 2 amide bonds. The first-order valence-electron chi connectivity index (χ1n) is 8.47. The van der Waals surface area contributed by atoms with Crippen LogP contribution in [0.15, 0.2) is 24.7 Å². The number of amides is 2. The monoisotopic (exact) mass is 344 g/mol. The van der Waals surface area contributed by atoms with E-state index < -0.39 is 0 Å². The average molecular weight is 344 g/mol. The van der Waals surface area contributed by atoms with Gasteiger partial charge in [-0.25, -0.2) is 0 Å². The van der Waals surface area contributed by atoms with Gasteiger partial charge in [0.15, 0.2) is 0 Å². The summed E-state index contributed by atoms with van der Waals surface area (Å²) in [6.07, 6.45) is 6.36. The number of nitrogens with zero attached hydrogens (tertiary/aromatic N) is 5. The highest BCUT2D eigenvalue weighted by Gasteiger charge is 2.40. The van der Waals surface area contributed by atoms with Crippen LogP contribution in [0.2, 0.25) is 0 Å². The second-order valence-corrected chi connectivity index (χ2v) is 6.55. The Kier molecular flexibility index (Phi) is 4.87. The van der Waals surface area contributed by atoms with Gasteiger partial charge in [0, 0.05) is 39.5 Å². The Morgan fingerprint density at radius 1 is 1.36 bits per heavy atom. The summed E-state index contributed by atoms with van der Waals surface area (Å²) in [5.41, 5.74) is 1.97. The Bertz CT molecular complexity index is 765. The Balaban J connectivity index is 1.68. The normalized spacial score (nSPS) is 20.8. The summed E-state index contributed by atoms with van der Waals surface area (Å²) in [5, 5.41) is 11.4. The molecule has 2 aromatic heterocycles. The summed E-state index contributed by atoms with van der Waals surface area (Å²) < 4.78 is 3.54. The van der Waals surface area contributed by atoms with Gasteiger partial charge in [0.1, 0.15) is 0 Å². The maximum Gasteiger partial charge on any atom is 0.225 e. The molecular formula is C17H24N6O2. The van der Waals surface area contributed by atoms with Crippen molar-refractivity contribution in [1.29, 1.82) is 0 Å². The molecule has 1 fully saturated rings. The number of aryl methyl sites for hydroxylation is 2. The van der Waals surface area contributed by atoms with Gasteiger partial charge in [0.25, 0.3) is 0 Å².